The van der Waals surface area contributed by atoms with Crippen molar-refractivity contribution in [2.75, 3.05) is 6.54 Å². The van der Waals surface area contributed by atoms with Crippen LogP contribution in [0.15, 0.2) is 18.5 Å². The summed E-state index contributed by atoms with van der Waals surface area (Å²) < 4.78 is 5.20. The molecule has 18 heavy (non-hydrogen) atoms. The van der Waals surface area contributed by atoms with Crippen molar-refractivity contribution in [2.45, 2.75) is 39.0 Å². The number of rotatable bonds is 2. The second kappa shape index (κ2) is 4.94. The fourth-order valence-corrected chi connectivity index (χ4v) is 1.95. The quantitative estimate of drug-likeness (QED) is 0.838. The molecule has 0 aliphatic carbocycles. The summed E-state index contributed by atoms with van der Waals surface area (Å²) >= 11 is 0. The number of ether oxygens (including phenoxy) is 1. The highest BCUT2D eigenvalue weighted by atomic mass is 16.6. The van der Waals surface area contributed by atoms with E-state index in [0.29, 0.717) is 6.54 Å². The van der Waals surface area contributed by atoms with E-state index in [9.17, 15) is 4.79 Å². The summed E-state index contributed by atoms with van der Waals surface area (Å²) in [5.41, 5.74) is 1.92. The SMILES string of the molecule is CC(C)(C)OC(=O)NCC1NCc2cnccc21. The van der Waals surface area contributed by atoms with Crippen molar-refractivity contribution in [3.8, 4) is 0 Å². The molecule has 0 fully saturated rings. The monoisotopic (exact) mass is 249 g/mol. The van der Waals surface area contributed by atoms with Crippen LogP contribution in [-0.4, -0.2) is 23.2 Å². The molecule has 5 nitrogen and oxygen atoms in total. The number of pyridine rings is 1. The van der Waals surface area contributed by atoms with Crippen LogP contribution in [0.5, 0.6) is 0 Å². The Morgan fingerprint density at radius 2 is 2.39 bits per heavy atom. The summed E-state index contributed by atoms with van der Waals surface area (Å²) in [6, 6.07) is 2.12. The molecule has 0 radical (unpaired) electrons. The number of carbonyl (C=O) groups excluding carboxylic acids is 1. The Labute approximate surface area is 107 Å². The van der Waals surface area contributed by atoms with E-state index in [1.807, 2.05) is 33.0 Å². The highest BCUT2D eigenvalue weighted by molar-refractivity contribution is 5.67. The van der Waals surface area contributed by atoms with E-state index in [1.165, 1.54) is 11.1 Å². The molecule has 0 saturated heterocycles. The molecule has 1 aliphatic rings. The number of aromatic nitrogens is 1. The molecule has 0 saturated carbocycles. The van der Waals surface area contributed by atoms with E-state index < -0.39 is 5.60 Å². The highest BCUT2D eigenvalue weighted by Gasteiger charge is 2.23. The minimum Gasteiger partial charge on any atom is -0.444 e. The number of hydrogen-bond acceptors (Lipinski definition) is 4. The van der Waals surface area contributed by atoms with Crippen molar-refractivity contribution in [1.82, 2.24) is 15.6 Å². The van der Waals surface area contributed by atoms with Crippen LogP contribution in [0.2, 0.25) is 0 Å². The molecular formula is C13H19N3O2. The minimum absolute atomic E-state index is 0.135. The predicted molar refractivity (Wildman–Crippen MR) is 68.1 cm³/mol. The van der Waals surface area contributed by atoms with E-state index in [1.54, 1.807) is 6.20 Å². The van der Waals surface area contributed by atoms with E-state index in [2.05, 4.69) is 15.6 Å². The van der Waals surface area contributed by atoms with E-state index in [-0.39, 0.29) is 12.1 Å². The Morgan fingerprint density at radius 3 is 3.11 bits per heavy atom. The van der Waals surface area contributed by atoms with Gasteiger partial charge in [0.05, 0.1) is 6.04 Å². The van der Waals surface area contributed by atoms with E-state index in [0.717, 1.165) is 6.54 Å². The Hall–Kier alpha value is -1.62. The van der Waals surface area contributed by atoms with Gasteiger partial charge in [-0.2, -0.15) is 0 Å². The summed E-state index contributed by atoms with van der Waals surface area (Å²) in [6.45, 7) is 6.86. The van der Waals surface area contributed by atoms with Gasteiger partial charge in [-0.15, -0.1) is 0 Å². The third-order valence-corrected chi connectivity index (χ3v) is 2.71. The van der Waals surface area contributed by atoms with Gasteiger partial charge in [-0.1, -0.05) is 0 Å². The fraction of sp³-hybridized carbons (Fsp3) is 0.538. The summed E-state index contributed by atoms with van der Waals surface area (Å²) in [6.07, 6.45) is 3.24. The third kappa shape index (κ3) is 3.20. The van der Waals surface area contributed by atoms with Crippen LogP contribution in [-0.2, 0) is 11.3 Å². The van der Waals surface area contributed by atoms with Crippen molar-refractivity contribution >= 4 is 6.09 Å². The fourth-order valence-electron chi connectivity index (χ4n) is 1.95. The first-order chi connectivity index (χ1) is 8.46. The first kappa shape index (κ1) is 12.8. The lowest BCUT2D eigenvalue weighted by Gasteiger charge is -2.21. The van der Waals surface area contributed by atoms with Gasteiger partial charge in [0.15, 0.2) is 0 Å². The van der Waals surface area contributed by atoms with Gasteiger partial charge in [-0.05, 0) is 38.0 Å². The molecule has 98 valence electrons. The molecular weight excluding hydrogens is 230 g/mol. The van der Waals surface area contributed by atoms with Gasteiger partial charge in [0.1, 0.15) is 5.60 Å². The van der Waals surface area contributed by atoms with Gasteiger partial charge < -0.3 is 15.4 Å². The van der Waals surface area contributed by atoms with Crippen LogP contribution in [0.4, 0.5) is 4.79 Å². The second-order valence-corrected chi connectivity index (χ2v) is 5.39. The Kier molecular flexibility index (Phi) is 3.52. The topological polar surface area (TPSA) is 63.2 Å². The maximum Gasteiger partial charge on any atom is 0.407 e. The third-order valence-electron chi connectivity index (χ3n) is 2.71. The summed E-state index contributed by atoms with van der Waals surface area (Å²) in [4.78, 5) is 15.6. The van der Waals surface area contributed by atoms with Crippen molar-refractivity contribution in [1.29, 1.82) is 0 Å². The average molecular weight is 249 g/mol. The molecule has 2 N–H and O–H groups in total. The van der Waals surface area contributed by atoms with Gasteiger partial charge in [0.25, 0.3) is 0 Å². The van der Waals surface area contributed by atoms with Gasteiger partial charge in [-0.3, -0.25) is 4.98 Å². The summed E-state index contributed by atoms with van der Waals surface area (Å²) in [7, 11) is 0. The minimum atomic E-state index is -0.463. The lowest BCUT2D eigenvalue weighted by Crippen LogP contribution is -2.36. The van der Waals surface area contributed by atoms with Gasteiger partial charge in [-0.25, -0.2) is 4.79 Å². The lowest BCUT2D eigenvalue weighted by molar-refractivity contribution is 0.0523. The van der Waals surface area contributed by atoms with Crippen molar-refractivity contribution < 1.29 is 9.53 Å². The lowest BCUT2D eigenvalue weighted by atomic mass is 10.1. The summed E-state index contributed by atoms with van der Waals surface area (Å²) in [5, 5.41) is 6.11. The molecule has 0 spiro atoms. The summed E-state index contributed by atoms with van der Waals surface area (Å²) in [5.74, 6) is 0. The Balaban J connectivity index is 1.87. The number of hydrogen-bond donors (Lipinski definition) is 2. The van der Waals surface area contributed by atoms with Crippen molar-refractivity contribution in [2.24, 2.45) is 0 Å². The number of nitrogens with zero attached hydrogens (tertiary/aromatic N) is 1. The van der Waals surface area contributed by atoms with Gasteiger partial charge in [0.2, 0.25) is 0 Å². The molecule has 0 aromatic carbocycles. The number of carbonyl (C=O) groups is 1. The molecule has 2 heterocycles. The van der Waals surface area contributed by atoms with Gasteiger partial charge in [0, 0.05) is 25.5 Å². The predicted octanol–water partition coefficient (Wildman–Crippen LogP) is 1.75. The largest absolute Gasteiger partial charge is 0.444 e. The van der Waals surface area contributed by atoms with E-state index in [4.69, 9.17) is 4.74 Å². The maximum absolute atomic E-state index is 11.6. The van der Waals surface area contributed by atoms with Crippen molar-refractivity contribution in [3.63, 3.8) is 0 Å². The van der Waals surface area contributed by atoms with Gasteiger partial charge >= 0.3 is 6.09 Å². The zero-order chi connectivity index (χ0) is 13.2. The molecule has 1 aromatic heterocycles. The van der Waals surface area contributed by atoms with Crippen LogP contribution >= 0.6 is 0 Å². The maximum atomic E-state index is 11.6. The van der Waals surface area contributed by atoms with Crippen molar-refractivity contribution in [3.05, 3.63) is 29.6 Å². The standard InChI is InChI=1S/C13H19N3O2/c1-13(2,3)18-12(17)16-8-11-10-4-5-14-6-9(10)7-15-11/h4-6,11,15H,7-8H2,1-3H3,(H,16,17). The van der Waals surface area contributed by atoms with Crippen LogP contribution in [0.1, 0.15) is 37.9 Å². The molecule has 1 unspecified atom stereocenters. The molecule has 0 bridgehead atoms. The molecule has 5 heteroatoms. The molecule has 1 atom stereocenters. The van der Waals surface area contributed by atoms with Crippen LogP contribution in [0.3, 0.4) is 0 Å². The first-order valence-corrected chi connectivity index (χ1v) is 6.09. The zero-order valence-electron chi connectivity index (χ0n) is 11.0. The highest BCUT2D eigenvalue weighted by Crippen LogP contribution is 2.23. The molecule has 1 aromatic rings. The van der Waals surface area contributed by atoms with Crippen LogP contribution in [0, 0.1) is 0 Å². The van der Waals surface area contributed by atoms with Crippen LogP contribution in [0.25, 0.3) is 0 Å². The number of alkyl carbamates (subject to hydrolysis) is 1. The number of fused-ring (bicyclic) bond motifs is 1. The number of nitrogens with one attached hydrogen (secondary N) is 2. The number of amides is 1. The normalized spacial score (nSPS) is 18.3. The average Bonchev–Trinajstić information content (AvgIpc) is 2.67. The zero-order valence-corrected chi connectivity index (χ0v) is 11.0. The Bertz CT molecular complexity index is 440. The van der Waals surface area contributed by atoms with Crippen LogP contribution < -0.4 is 10.6 Å². The Morgan fingerprint density at radius 1 is 1.61 bits per heavy atom. The first-order valence-electron chi connectivity index (χ1n) is 6.09. The van der Waals surface area contributed by atoms with E-state index >= 15 is 0 Å². The molecule has 2 rings (SSSR count). The smallest absolute Gasteiger partial charge is 0.407 e. The molecule has 1 amide bonds. The molecule has 1 aliphatic heterocycles. The second-order valence-electron chi connectivity index (χ2n) is 5.39.